The maximum absolute atomic E-state index is 14.4. The van der Waals surface area contributed by atoms with Crippen LogP contribution in [0, 0.1) is 5.82 Å². The lowest BCUT2D eigenvalue weighted by Gasteiger charge is -2.18. The summed E-state index contributed by atoms with van der Waals surface area (Å²) in [5.74, 6) is -0.0282. The first-order chi connectivity index (χ1) is 18.6. The highest BCUT2D eigenvalue weighted by Crippen LogP contribution is 2.41. The SMILES string of the molecule is C=CC(=O)Nc1cccc(Oc2cc(F)ccc2-c2nnc(-c3ccc4c(c3)CCNC4)c3ccsc23)c1. The van der Waals surface area contributed by atoms with Gasteiger partial charge >= 0.3 is 0 Å². The summed E-state index contributed by atoms with van der Waals surface area (Å²) in [4.78, 5) is 11.7. The van der Waals surface area contributed by atoms with Gasteiger partial charge in [-0.2, -0.15) is 0 Å². The molecule has 2 N–H and O–H groups in total. The van der Waals surface area contributed by atoms with Crippen molar-refractivity contribution in [1.29, 1.82) is 0 Å². The minimum atomic E-state index is -0.435. The average molecular weight is 523 g/mol. The second-order valence-corrected chi connectivity index (χ2v) is 9.85. The molecule has 0 saturated heterocycles. The van der Waals surface area contributed by atoms with Gasteiger partial charge < -0.3 is 15.4 Å². The summed E-state index contributed by atoms with van der Waals surface area (Å²) in [6.45, 7) is 5.31. The topological polar surface area (TPSA) is 76.1 Å². The van der Waals surface area contributed by atoms with Gasteiger partial charge in [-0.1, -0.05) is 24.8 Å². The van der Waals surface area contributed by atoms with Crippen LogP contribution >= 0.6 is 11.3 Å². The predicted molar refractivity (Wildman–Crippen MR) is 149 cm³/mol. The first-order valence-electron chi connectivity index (χ1n) is 12.2. The Labute approximate surface area is 222 Å². The van der Waals surface area contributed by atoms with Crippen molar-refractivity contribution in [2.24, 2.45) is 0 Å². The Bertz CT molecular complexity index is 1700. The maximum atomic E-state index is 14.4. The zero-order chi connectivity index (χ0) is 26.1. The van der Waals surface area contributed by atoms with Crippen molar-refractivity contribution >= 4 is 33.0 Å². The maximum Gasteiger partial charge on any atom is 0.247 e. The molecule has 0 radical (unpaired) electrons. The number of aromatic nitrogens is 2. The summed E-state index contributed by atoms with van der Waals surface area (Å²) in [5, 5.41) is 18.4. The number of ether oxygens (including phenoxy) is 1. The van der Waals surface area contributed by atoms with Crippen LogP contribution in [0.25, 0.3) is 32.6 Å². The third kappa shape index (κ3) is 4.67. The highest BCUT2D eigenvalue weighted by atomic mass is 32.1. The van der Waals surface area contributed by atoms with E-state index in [1.165, 1.54) is 29.3 Å². The van der Waals surface area contributed by atoms with Gasteiger partial charge in [0.15, 0.2) is 0 Å². The Hall–Kier alpha value is -4.40. The van der Waals surface area contributed by atoms with Crippen molar-refractivity contribution < 1.29 is 13.9 Å². The van der Waals surface area contributed by atoms with E-state index in [2.05, 4.69) is 45.6 Å². The molecule has 0 atom stereocenters. The summed E-state index contributed by atoms with van der Waals surface area (Å²) in [6.07, 6.45) is 2.17. The van der Waals surface area contributed by atoms with Crippen molar-refractivity contribution in [3.63, 3.8) is 0 Å². The van der Waals surface area contributed by atoms with Crippen molar-refractivity contribution in [2.45, 2.75) is 13.0 Å². The lowest BCUT2D eigenvalue weighted by atomic mass is 9.96. The number of nitrogens with zero attached hydrogens (tertiary/aromatic N) is 2. The molecule has 0 bridgehead atoms. The molecule has 1 aliphatic heterocycles. The molecule has 188 valence electrons. The number of carbonyl (C=O) groups excluding carboxylic acids is 1. The standard InChI is InChI=1S/C30H23FN4O2S/c1-2-27(36)33-22-4-3-5-23(16-22)37-26-15-21(31)8-9-24(26)29-30-25(11-13-38-30)28(34-35-29)19-6-7-20-17-32-12-10-18(20)14-19/h2-9,11,13-16,32H,1,10,12,17H2,(H,33,36). The number of hydrogen-bond donors (Lipinski definition) is 2. The van der Waals surface area contributed by atoms with Gasteiger partial charge in [0.2, 0.25) is 5.91 Å². The van der Waals surface area contributed by atoms with Crippen LogP contribution in [-0.4, -0.2) is 22.6 Å². The first kappa shape index (κ1) is 24.0. The number of rotatable bonds is 6. The number of nitrogens with one attached hydrogen (secondary N) is 2. The summed E-state index contributed by atoms with van der Waals surface area (Å²) in [6, 6.07) is 19.8. The molecule has 3 aromatic carbocycles. The molecular weight excluding hydrogens is 499 g/mol. The second-order valence-electron chi connectivity index (χ2n) is 8.93. The normalized spacial score (nSPS) is 12.7. The van der Waals surface area contributed by atoms with E-state index < -0.39 is 5.82 Å². The molecule has 1 aliphatic rings. The van der Waals surface area contributed by atoms with E-state index >= 15 is 0 Å². The number of benzene rings is 3. The molecule has 8 heteroatoms. The molecule has 0 aliphatic carbocycles. The van der Waals surface area contributed by atoms with E-state index in [4.69, 9.17) is 4.74 Å². The summed E-state index contributed by atoms with van der Waals surface area (Å²) in [7, 11) is 0. The summed E-state index contributed by atoms with van der Waals surface area (Å²) >= 11 is 1.56. The number of amides is 1. The van der Waals surface area contributed by atoms with Crippen LogP contribution in [0.1, 0.15) is 11.1 Å². The van der Waals surface area contributed by atoms with Gasteiger partial charge in [0.25, 0.3) is 0 Å². The van der Waals surface area contributed by atoms with Crippen LogP contribution in [0.3, 0.4) is 0 Å². The van der Waals surface area contributed by atoms with Gasteiger partial charge in [0, 0.05) is 40.9 Å². The lowest BCUT2D eigenvalue weighted by molar-refractivity contribution is -0.111. The van der Waals surface area contributed by atoms with E-state index in [0.717, 1.165) is 40.9 Å². The fourth-order valence-corrected chi connectivity index (χ4v) is 5.52. The van der Waals surface area contributed by atoms with Crippen LogP contribution in [0.4, 0.5) is 10.1 Å². The van der Waals surface area contributed by atoms with Gasteiger partial charge in [-0.05, 0) is 71.9 Å². The molecule has 2 aromatic heterocycles. The largest absolute Gasteiger partial charge is 0.456 e. The molecule has 0 unspecified atom stereocenters. The van der Waals surface area contributed by atoms with Crippen LogP contribution in [0.5, 0.6) is 11.5 Å². The molecule has 6 nitrogen and oxygen atoms in total. The van der Waals surface area contributed by atoms with Crippen molar-refractivity contribution in [3.8, 4) is 34.0 Å². The Morgan fingerprint density at radius 3 is 2.84 bits per heavy atom. The third-order valence-electron chi connectivity index (χ3n) is 6.47. The molecule has 1 amide bonds. The molecular formula is C30H23FN4O2S. The van der Waals surface area contributed by atoms with Gasteiger partial charge in [-0.25, -0.2) is 4.39 Å². The third-order valence-corrected chi connectivity index (χ3v) is 7.39. The monoisotopic (exact) mass is 522 g/mol. The van der Waals surface area contributed by atoms with E-state index in [1.807, 2.05) is 11.4 Å². The summed E-state index contributed by atoms with van der Waals surface area (Å²) in [5.41, 5.74) is 6.27. The molecule has 38 heavy (non-hydrogen) atoms. The van der Waals surface area contributed by atoms with Crippen LogP contribution < -0.4 is 15.4 Å². The molecule has 0 spiro atoms. The number of hydrogen-bond acceptors (Lipinski definition) is 6. The molecule has 6 rings (SSSR count). The van der Waals surface area contributed by atoms with Crippen LogP contribution in [-0.2, 0) is 17.8 Å². The van der Waals surface area contributed by atoms with Gasteiger partial charge in [-0.15, -0.1) is 21.5 Å². The number of halogens is 1. The lowest BCUT2D eigenvalue weighted by Crippen LogP contribution is -2.23. The quantitative estimate of drug-likeness (QED) is 0.242. The van der Waals surface area contributed by atoms with Crippen LogP contribution in [0.2, 0.25) is 0 Å². The fourth-order valence-electron chi connectivity index (χ4n) is 4.63. The van der Waals surface area contributed by atoms with E-state index in [9.17, 15) is 9.18 Å². The van der Waals surface area contributed by atoms with E-state index in [0.29, 0.717) is 28.4 Å². The van der Waals surface area contributed by atoms with Gasteiger partial charge in [-0.3, -0.25) is 4.79 Å². The fraction of sp³-hybridized carbons (Fsp3) is 0.100. The second kappa shape index (κ2) is 10.2. The number of thiophene rings is 1. The summed E-state index contributed by atoms with van der Waals surface area (Å²) < 4.78 is 21.4. The van der Waals surface area contributed by atoms with Gasteiger partial charge in [0.1, 0.15) is 28.7 Å². The molecule has 0 fully saturated rings. The van der Waals surface area contributed by atoms with E-state index in [1.54, 1.807) is 41.7 Å². The van der Waals surface area contributed by atoms with Crippen LogP contribution in [0.15, 0.2) is 84.8 Å². The predicted octanol–water partition coefficient (Wildman–Crippen LogP) is 6.73. The Morgan fingerprint density at radius 1 is 1.05 bits per heavy atom. The van der Waals surface area contributed by atoms with Crippen molar-refractivity contribution in [2.75, 3.05) is 11.9 Å². The highest BCUT2D eigenvalue weighted by Gasteiger charge is 2.19. The van der Waals surface area contributed by atoms with Crippen molar-refractivity contribution in [1.82, 2.24) is 15.5 Å². The smallest absolute Gasteiger partial charge is 0.247 e. The number of anilines is 1. The zero-order valence-corrected chi connectivity index (χ0v) is 21.1. The minimum absolute atomic E-state index is 0.301. The molecule has 5 aromatic rings. The van der Waals surface area contributed by atoms with Gasteiger partial charge in [0.05, 0.1) is 4.70 Å². The number of fused-ring (bicyclic) bond motifs is 2. The molecule has 0 saturated carbocycles. The van der Waals surface area contributed by atoms with Crippen molar-refractivity contribution in [3.05, 3.63) is 102 Å². The molecule has 3 heterocycles. The average Bonchev–Trinajstić information content (AvgIpc) is 3.43. The minimum Gasteiger partial charge on any atom is -0.456 e. The Kier molecular flexibility index (Phi) is 6.41. The number of carbonyl (C=O) groups is 1. The Balaban J connectivity index is 1.40. The van der Waals surface area contributed by atoms with E-state index in [-0.39, 0.29) is 5.91 Å². The highest BCUT2D eigenvalue weighted by molar-refractivity contribution is 7.17. The zero-order valence-electron chi connectivity index (χ0n) is 20.3. The first-order valence-corrected chi connectivity index (χ1v) is 13.0. The Morgan fingerprint density at radius 2 is 1.95 bits per heavy atom.